The van der Waals surface area contributed by atoms with Gasteiger partial charge in [-0.05, 0) is 48.9 Å². The van der Waals surface area contributed by atoms with Crippen molar-refractivity contribution in [2.45, 2.75) is 45.1 Å². The number of ether oxygens (including phenoxy) is 2. The van der Waals surface area contributed by atoms with E-state index < -0.39 is 0 Å². The summed E-state index contributed by atoms with van der Waals surface area (Å²) in [5.74, 6) is 1.27. The molecule has 1 N–H and O–H groups in total. The molecule has 144 valence electrons. The zero-order valence-electron chi connectivity index (χ0n) is 15.6. The maximum atomic E-state index is 12.8. The lowest BCUT2D eigenvalue weighted by Crippen LogP contribution is -2.23. The van der Waals surface area contributed by atoms with E-state index >= 15 is 0 Å². The van der Waals surface area contributed by atoms with Gasteiger partial charge in [0.1, 0.15) is 5.56 Å². The number of aromatic nitrogens is 3. The van der Waals surface area contributed by atoms with Crippen LogP contribution in [0.5, 0.6) is 11.5 Å². The summed E-state index contributed by atoms with van der Waals surface area (Å²) < 4.78 is 12.6. The predicted molar refractivity (Wildman–Crippen MR) is 103 cm³/mol. The van der Waals surface area contributed by atoms with E-state index in [1.807, 2.05) is 28.9 Å². The van der Waals surface area contributed by atoms with Gasteiger partial charge >= 0.3 is 0 Å². The zero-order valence-corrected chi connectivity index (χ0v) is 15.6. The molecular weight excluding hydrogens is 356 g/mol. The van der Waals surface area contributed by atoms with Crippen LogP contribution in [0.4, 0.5) is 0 Å². The molecule has 2 aromatic heterocycles. The fraction of sp³-hybridized carbons (Fsp3) is 0.381. The van der Waals surface area contributed by atoms with Gasteiger partial charge < -0.3 is 14.8 Å². The normalized spacial score (nSPS) is 15.7. The molecule has 7 heteroatoms. The third-order valence-electron chi connectivity index (χ3n) is 5.46. The zero-order chi connectivity index (χ0) is 18.9. The van der Waals surface area contributed by atoms with Gasteiger partial charge in [-0.1, -0.05) is 18.9 Å². The highest BCUT2D eigenvalue weighted by molar-refractivity contribution is 5.99. The molecular formula is C21H22N4O3. The Kier molecular flexibility index (Phi) is 4.35. The van der Waals surface area contributed by atoms with Gasteiger partial charge in [0.05, 0.1) is 6.20 Å². The molecule has 0 fully saturated rings. The van der Waals surface area contributed by atoms with Crippen LogP contribution in [-0.2, 0) is 19.4 Å². The van der Waals surface area contributed by atoms with E-state index in [1.165, 1.54) is 30.5 Å². The summed E-state index contributed by atoms with van der Waals surface area (Å²) in [4.78, 5) is 17.3. The Morgan fingerprint density at radius 3 is 2.86 bits per heavy atom. The van der Waals surface area contributed by atoms with E-state index in [1.54, 1.807) is 6.20 Å². The molecule has 0 radical (unpaired) electrons. The van der Waals surface area contributed by atoms with Crippen molar-refractivity contribution in [2.75, 3.05) is 6.79 Å². The molecule has 0 saturated heterocycles. The molecule has 0 saturated carbocycles. The maximum absolute atomic E-state index is 12.8. The Morgan fingerprint density at radius 2 is 1.93 bits per heavy atom. The number of fused-ring (bicyclic) bond motifs is 4. The molecule has 0 bridgehead atoms. The van der Waals surface area contributed by atoms with Crippen molar-refractivity contribution in [3.8, 4) is 11.5 Å². The molecule has 5 rings (SSSR count). The number of rotatable bonds is 3. The molecule has 1 aliphatic heterocycles. The second kappa shape index (κ2) is 7.14. The van der Waals surface area contributed by atoms with Crippen LogP contribution in [0.25, 0.3) is 5.65 Å². The van der Waals surface area contributed by atoms with Crippen molar-refractivity contribution < 1.29 is 14.3 Å². The molecule has 1 amide bonds. The minimum atomic E-state index is -0.175. The summed E-state index contributed by atoms with van der Waals surface area (Å²) in [6, 6.07) is 5.67. The van der Waals surface area contributed by atoms with Crippen LogP contribution in [0.15, 0.2) is 30.6 Å². The van der Waals surface area contributed by atoms with Crippen molar-refractivity contribution in [1.29, 1.82) is 0 Å². The van der Waals surface area contributed by atoms with Crippen LogP contribution >= 0.6 is 0 Å². The standard InChI is InChI=1S/C21H22N4O3/c26-21(23-10-14-7-8-18-19(9-14)28-13-27-18)16-12-24-25-17-6-4-2-1-3-5-15(17)11-22-20(16)25/h7-9,11-12H,1-6,10,13H2,(H,23,26). The predicted octanol–water partition coefficient (Wildman–Crippen LogP) is 3.05. The third kappa shape index (κ3) is 3.06. The summed E-state index contributed by atoms with van der Waals surface area (Å²) in [5.41, 5.74) is 4.53. The molecule has 28 heavy (non-hydrogen) atoms. The number of carbonyl (C=O) groups is 1. The van der Waals surface area contributed by atoms with Crippen LogP contribution in [0, 0.1) is 0 Å². The maximum Gasteiger partial charge on any atom is 0.257 e. The SMILES string of the molecule is O=C(NCc1ccc2c(c1)OCO2)c1cnn2c3c(cnc12)CCCCCC3. The van der Waals surface area contributed by atoms with Gasteiger partial charge in [-0.15, -0.1) is 0 Å². The lowest BCUT2D eigenvalue weighted by atomic mass is 9.98. The summed E-state index contributed by atoms with van der Waals surface area (Å²) in [6.45, 7) is 0.640. The quantitative estimate of drug-likeness (QED) is 0.758. The smallest absolute Gasteiger partial charge is 0.257 e. The average molecular weight is 378 g/mol. The van der Waals surface area contributed by atoms with E-state index in [0.717, 1.165) is 30.6 Å². The number of nitrogens with one attached hydrogen (secondary N) is 1. The van der Waals surface area contributed by atoms with E-state index in [2.05, 4.69) is 15.4 Å². The Bertz CT molecular complexity index is 1040. The number of nitrogens with zero attached hydrogens (tertiary/aromatic N) is 3. The Hall–Kier alpha value is -3.09. The summed E-state index contributed by atoms with van der Waals surface area (Å²) >= 11 is 0. The largest absolute Gasteiger partial charge is 0.454 e. The van der Waals surface area contributed by atoms with Gasteiger partial charge in [0, 0.05) is 18.4 Å². The van der Waals surface area contributed by atoms with Crippen LogP contribution in [0.2, 0.25) is 0 Å². The van der Waals surface area contributed by atoms with Gasteiger partial charge in [-0.2, -0.15) is 5.10 Å². The minimum absolute atomic E-state index is 0.175. The molecule has 0 unspecified atom stereocenters. The van der Waals surface area contributed by atoms with Crippen molar-refractivity contribution in [3.63, 3.8) is 0 Å². The number of aryl methyl sites for hydroxylation is 2. The molecule has 2 aliphatic rings. The molecule has 3 aromatic rings. The summed E-state index contributed by atoms with van der Waals surface area (Å²) in [5, 5.41) is 7.44. The van der Waals surface area contributed by atoms with Crippen LogP contribution < -0.4 is 14.8 Å². The van der Waals surface area contributed by atoms with E-state index in [0.29, 0.717) is 23.5 Å². The van der Waals surface area contributed by atoms with Crippen LogP contribution in [0.3, 0.4) is 0 Å². The number of amides is 1. The first-order valence-electron chi connectivity index (χ1n) is 9.81. The number of hydrogen-bond acceptors (Lipinski definition) is 5. The highest BCUT2D eigenvalue weighted by Gasteiger charge is 2.19. The lowest BCUT2D eigenvalue weighted by Gasteiger charge is -2.14. The Balaban J connectivity index is 1.37. The first-order valence-corrected chi connectivity index (χ1v) is 9.81. The van der Waals surface area contributed by atoms with Gasteiger partial charge in [-0.25, -0.2) is 9.50 Å². The third-order valence-corrected chi connectivity index (χ3v) is 5.46. The number of benzene rings is 1. The molecule has 3 heterocycles. The second-order valence-electron chi connectivity index (χ2n) is 7.31. The molecule has 7 nitrogen and oxygen atoms in total. The van der Waals surface area contributed by atoms with Crippen molar-refractivity contribution in [3.05, 3.63) is 53.0 Å². The Morgan fingerprint density at radius 1 is 1.07 bits per heavy atom. The van der Waals surface area contributed by atoms with Crippen LogP contribution in [0.1, 0.15) is 52.9 Å². The van der Waals surface area contributed by atoms with E-state index in [4.69, 9.17) is 9.47 Å². The fourth-order valence-electron chi connectivity index (χ4n) is 3.94. The minimum Gasteiger partial charge on any atom is -0.454 e. The monoisotopic (exact) mass is 378 g/mol. The molecule has 1 aromatic carbocycles. The lowest BCUT2D eigenvalue weighted by molar-refractivity contribution is 0.0952. The van der Waals surface area contributed by atoms with Gasteiger partial charge in [0.2, 0.25) is 6.79 Å². The van der Waals surface area contributed by atoms with E-state index in [9.17, 15) is 4.79 Å². The molecule has 0 atom stereocenters. The first-order chi connectivity index (χ1) is 13.8. The first kappa shape index (κ1) is 17.0. The average Bonchev–Trinajstić information content (AvgIpc) is 3.32. The van der Waals surface area contributed by atoms with Gasteiger partial charge in [0.15, 0.2) is 17.1 Å². The number of hydrogen-bond donors (Lipinski definition) is 1. The van der Waals surface area contributed by atoms with Crippen LogP contribution in [-0.4, -0.2) is 27.3 Å². The molecule has 0 spiro atoms. The summed E-state index contributed by atoms with van der Waals surface area (Å²) in [6.07, 6.45) is 10.4. The van der Waals surface area contributed by atoms with Gasteiger partial charge in [0.25, 0.3) is 5.91 Å². The highest BCUT2D eigenvalue weighted by atomic mass is 16.7. The number of carbonyl (C=O) groups excluding carboxylic acids is 1. The van der Waals surface area contributed by atoms with Crippen molar-refractivity contribution in [2.24, 2.45) is 0 Å². The fourth-order valence-corrected chi connectivity index (χ4v) is 3.94. The van der Waals surface area contributed by atoms with E-state index in [-0.39, 0.29) is 12.7 Å². The highest BCUT2D eigenvalue weighted by Crippen LogP contribution is 2.32. The summed E-state index contributed by atoms with van der Waals surface area (Å²) in [7, 11) is 0. The van der Waals surface area contributed by atoms with Gasteiger partial charge in [-0.3, -0.25) is 4.79 Å². The van der Waals surface area contributed by atoms with Crippen molar-refractivity contribution in [1.82, 2.24) is 19.9 Å². The topological polar surface area (TPSA) is 77.8 Å². The van der Waals surface area contributed by atoms with Crippen molar-refractivity contribution >= 4 is 11.6 Å². The Labute approximate surface area is 162 Å². The second-order valence-corrected chi connectivity index (χ2v) is 7.31. The molecule has 1 aliphatic carbocycles.